The predicted octanol–water partition coefficient (Wildman–Crippen LogP) is 1.39. The largest absolute Gasteiger partial charge is 0.497 e. The van der Waals surface area contributed by atoms with Gasteiger partial charge in [0.1, 0.15) is 11.5 Å². The number of ether oxygens (including phenoxy) is 2. The Labute approximate surface area is 152 Å². The summed E-state index contributed by atoms with van der Waals surface area (Å²) in [5.74, 6) is 1.80. The highest BCUT2D eigenvalue weighted by Gasteiger charge is 2.25. The number of nitrogens with one attached hydrogen (secondary N) is 2. The van der Waals surface area contributed by atoms with Crippen molar-refractivity contribution in [2.75, 3.05) is 33.9 Å². The van der Waals surface area contributed by atoms with Gasteiger partial charge in [-0.1, -0.05) is 6.07 Å². The Morgan fingerprint density at radius 3 is 3.23 bits per heavy atom. The van der Waals surface area contributed by atoms with Gasteiger partial charge in [-0.25, -0.2) is 0 Å². The Morgan fingerprint density at radius 1 is 1.50 bits per heavy atom. The average Bonchev–Trinajstić information content (AvgIpc) is 3.08. The molecule has 1 atom stereocenters. The van der Waals surface area contributed by atoms with Crippen LogP contribution in [0.1, 0.15) is 27.3 Å². The van der Waals surface area contributed by atoms with Crippen molar-refractivity contribution in [2.24, 2.45) is 5.92 Å². The van der Waals surface area contributed by atoms with Crippen LogP contribution in [0.4, 0.5) is 0 Å². The highest BCUT2D eigenvalue weighted by molar-refractivity contribution is 5.94. The SMILES string of the molecule is COc1ccc2c(c1)OC[C@@H](CNC(=O)c1n[nH]c3c1CN(C)CC3)C2. The molecule has 0 aliphatic carbocycles. The van der Waals surface area contributed by atoms with Gasteiger partial charge in [0.15, 0.2) is 5.69 Å². The summed E-state index contributed by atoms with van der Waals surface area (Å²) in [6.45, 7) is 2.90. The molecule has 0 saturated carbocycles. The van der Waals surface area contributed by atoms with Crippen LogP contribution in [0.2, 0.25) is 0 Å². The van der Waals surface area contributed by atoms with Crippen LogP contribution in [-0.2, 0) is 19.4 Å². The molecule has 1 aromatic heterocycles. The van der Waals surface area contributed by atoms with Crippen molar-refractivity contribution in [1.82, 2.24) is 20.4 Å². The maximum absolute atomic E-state index is 12.6. The van der Waals surface area contributed by atoms with Crippen LogP contribution in [0.15, 0.2) is 18.2 Å². The lowest BCUT2D eigenvalue weighted by molar-refractivity contribution is 0.0932. The van der Waals surface area contributed by atoms with Gasteiger partial charge in [0, 0.05) is 49.3 Å². The van der Waals surface area contributed by atoms with E-state index in [2.05, 4.69) is 27.5 Å². The van der Waals surface area contributed by atoms with Gasteiger partial charge in [-0.3, -0.25) is 9.89 Å². The van der Waals surface area contributed by atoms with Crippen LogP contribution in [0.3, 0.4) is 0 Å². The molecule has 2 N–H and O–H groups in total. The molecule has 1 amide bonds. The zero-order chi connectivity index (χ0) is 18.1. The van der Waals surface area contributed by atoms with Gasteiger partial charge in [-0.2, -0.15) is 5.10 Å². The Balaban J connectivity index is 1.37. The van der Waals surface area contributed by atoms with E-state index in [1.54, 1.807) is 7.11 Å². The van der Waals surface area contributed by atoms with Gasteiger partial charge in [0.05, 0.1) is 13.7 Å². The second-order valence-corrected chi connectivity index (χ2v) is 7.08. The first-order valence-electron chi connectivity index (χ1n) is 8.96. The molecule has 0 spiro atoms. The van der Waals surface area contributed by atoms with Gasteiger partial charge in [0.2, 0.25) is 0 Å². The fraction of sp³-hybridized carbons (Fsp3) is 0.474. The predicted molar refractivity (Wildman–Crippen MR) is 96.6 cm³/mol. The van der Waals surface area contributed by atoms with Gasteiger partial charge >= 0.3 is 0 Å². The lowest BCUT2D eigenvalue weighted by Gasteiger charge is -2.26. The molecule has 3 heterocycles. The molecular weight excluding hydrogens is 332 g/mol. The third kappa shape index (κ3) is 3.26. The van der Waals surface area contributed by atoms with Crippen molar-refractivity contribution in [1.29, 1.82) is 0 Å². The molecule has 2 aliphatic heterocycles. The number of H-pyrrole nitrogens is 1. The number of likely N-dealkylation sites (N-methyl/N-ethyl adjacent to an activating group) is 1. The summed E-state index contributed by atoms with van der Waals surface area (Å²) in [5, 5.41) is 10.3. The molecule has 0 fully saturated rings. The van der Waals surface area contributed by atoms with Crippen LogP contribution in [0.5, 0.6) is 11.5 Å². The minimum Gasteiger partial charge on any atom is -0.497 e. The number of methoxy groups -OCH3 is 1. The summed E-state index contributed by atoms with van der Waals surface area (Å²) in [6, 6.07) is 5.88. The summed E-state index contributed by atoms with van der Waals surface area (Å²) in [7, 11) is 3.71. The molecular formula is C19H24N4O3. The molecule has 138 valence electrons. The van der Waals surface area contributed by atoms with Crippen molar-refractivity contribution in [3.63, 3.8) is 0 Å². The van der Waals surface area contributed by atoms with Crippen LogP contribution in [0, 0.1) is 5.92 Å². The Bertz CT molecular complexity index is 817. The smallest absolute Gasteiger partial charge is 0.272 e. The normalized spacial score (nSPS) is 19.2. The van der Waals surface area contributed by atoms with Crippen molar-refractivity contribution in [3.8, 4) is 11.5 Å². The number of aromatic amines is 1. The monoisotopic (exact) mass is 356 g/mol. The van der Waals surface area contributed by atoms with Crippen LogP contribution < -0.4 is 14.8 Å². The maximum atomic E-state index is 12.6. The van der Waals surface area contributed by atoms with E-state index in [-0.39, 0.29) is 11.8 Å². The highest BCUT2D eigenvalue weighted by Crippen LogP contribution is 2.30. The molecule has 26 heavy (non-hydrogen) atoms. The number of benzene rings is 1. The lowest BCUT2D eigenvalue weighted by Crippen LogP contribution is -2.36. The second kappa shape index (κ2) is 6.99. The number of carbonyl (C=O) groups is 1. The van der Waals surface area contributed by atoms with E-state index >= 15 is 0 Å². The lowest BCUT2D eigenvalue weighted by atomic mass is 9.96. The number of fused-ring (bicyclic) bond motifs is 2. The molecule has 2 aromatic rings. The average molecular weight is 356 g/mol. The summed E-state index contributed by atoms with van der Waals surface area (Å²) in [6.07, 6.45) is 1.78. The molecule has 2 aliphatic rings. The van der Waals surface area contributed by atoms with Gasteiger partial charge in [0.25, 0.3) is 5.91 Å². The summed E-state index contributed by atoms with van der Waals surface area (Å²) >= 11 is 0. The van der Waals surface area contributed by atoms with Crippen LogP contribution in [0.25, 0.3) is 0 Å². The number of aromatic nitrogens is 2. The Kier molecular flexibility index (Phi) is 4.55. The Hall–Kier alpha value is -2.54. The van der Waals surface area contributed by atoms with E-state index in [9.17, 15) is 4.79 Å². The number of amides is 1. The topological polar surface area (TPSA) is 79.5 Å². The third-order valence-electron chi connectivity index (χ3n) is 5.15. The fourth-order valence-corrected chi connectivity index (χ4v) is 3.61. The molecule has 1 aromatic carbocycles. The maximum Gasteiger partial charge on any atom is 0.272 e. The third-order valence-corrected chi connectivity index (χ3v) is 5.15. The van der Waals surface area contributed by atoms with E-state index < -0.39 is 0 Å². The number of rotatable bonds is 4. The number of nitrogens with zero attached hydrogens (tertiary/aromatic N) is 2. The molecule has 0 unspecified atom stereocenters. The van der Waals surface area contributed by atoms with Gasteiger partial charge in [-0.15, -0.1) is 0 Å². The van der Waals surface area contributed by atoms with E-state index in [4.69, 9.17) is 9.47 Å². The zero-order valence-electron chi connectivity index (χ0n) is 15.2. The molecule has 7 heteroatoms. The summed E-state index contributed by atoms with van der Waals surface area (Å²) < 4.78 is 11.1. The van der Waals surface area contributed by atoms with Crippen LogP contribution >= 0.6 is 0 Å². The van der Waals surface area contributed by atoms with Gasteiger partial charge in [-0.05, 0) is 25.1 Å². The van der Waals surface area contributed by atoms with Gasteiger partial charge < -0.3 is 19.7 Å². The number of hydrogen-bond acceptors (Lipinski definition) is 5. The van der Waals surface area contributed by atoms with Crippen LogP contribution in [-0.4, -0.2) is 54.9 Å². The van der Waals surface area contributed by atoms with E-state index in [1.807, 2.05) is 18.2 Å². The van der Waals surface area contributed by atoms with Crippen molar-refractivity contribution in [3.05, 3.63) is 40.7 Å². The second-order valence-electron chi connectivity index (χ2n) is 7.08. The standard InChI is InChI=1S/C19H24N4O3/c1-23-6-5-16-15(10-23)18(22-21-16)19(24)20-9-12-7-13-3-4-14(25-2)8-17(13)26-11-12/h3-4,8,12H,5-7,9-11H2,1-2H3,(H,20,24)(H,21,22)/t12-/m1/s1. The highest BCUT2D eigenvalue weighted by atomic mass is 16.5. The van der Waals surface area contributed by atoms with E-state index in [0.717, 1.165) is 54.3 Å². The first kappa shape index (κ1) is 16.9. The first-order valence-corrected chi connectivity index (χ1v) is 8.96. The Morgan fingerprint density at radius 2 is 2.38 bits per heavy atom. The quantitative estimate of drug-likeness (QED) is 0.865. The number of carbonyl (C=O) groups excluding carboxylic acids is 1. The number of hydrogen-bond donors (Lipinski definition) is 2. The minimum absolute atomic E-state index is 0.113. The van der Waals surface area contributed by atoms with E-state index in [0.29, 0.717) is 18.8 Å². The molecule has 4 rings (SSSR count). The van der Waals surface area contributed by atoms with Crippen molar-refractivity contribution >= 4 is 5.91 Å². The fourth-order valence-electron chi connectivity index (χ4n) is 3.61. The molecule has 0 saturated heterocycles. The van der Waals surface area contributed by atoms with Crippen molar-refractivity contribution < 1.29 is 14.3 Å². The summed E-state index contributed by atoms with van der Waals surface area (Å²) in [4.78, 5) is 14.8. The first-order chi connectivity index (χ1) is 12.6. The molecule has 0 bridgehead atoms. The minimum atomic E-state index is -0.113. The van der Waals surface area contributed by atoms with Crippen molar-refractivity contribution in [2.45, 2.75) is 19.4 Å². The summed E-state index contributed by atoms with van der Waals surface area (Å²) in [5.41, 5.74) is 3.77. The van der Waals surface area contributed by atoms with E-state index in [1.165, 1.54) is 0 Å². The molecule has 0 radical (unpaired) electrons. The molecule has 7 nitrogen and oxygen atoms in total. The zero-order valence-corrected chi connectivity index (χ0v) is 15.2.